The summed E-state index contributed by atoms with van der Waals surface area (Å²) in [4.78, 5) is 18.9. The number of amides is 2. The van der Waals surface area contributed by atoms with Crippen LogP contribution in [0.1, 0.15) is 25.7 Å². The molecular formula is C12H26N4O2. The summed E-state index contributed by atoms with van der Waals surface area (Å²) in [5.41, 5.74) is 19.6. The predicted octanol–water partition coefficient (Wildman–Crippen LogP) is -0.220. The number of carbonyl (C=O) groups excluding carboxylic acids is 2. The van der Waals surface area contributed by atoms with E-state index in [0.29, 0.717) is 0 Å². The third-order valence-corrected chi connectivity index (χ3v) is 1.56. The summed E-state index contributed by atoms with van der Waals surface area (Å²) in [6, 6.07) is 0. The molecule has 0 unspecified atom stereocenters. The molecule has 0 aliphatic rings. The van der Waals surface area contributed by atoms with Crippen LogP contribution in [0, 0.1) is 0 Å². The van der Waals surface area contributed by atoms with Crippen molar-refractivity contribution in [3.8, 4) is 0 Å². The highest BCUT2D eigenvalue weighted by molar-refractivity contribution is 5.85. The molecule has 106 valence electrons. The van der Waals surface area contributed by atoms with Gasteiger partial charge >= 0.3 is 0 Å². The molecule has 18 heavy (non-hydrogen) atoms. The SMILES string of the molecule is C=CC(N)=O.C=CC(N)=O.NCCCCCCN. The van der Waals surface area contributed by atoms with Crippen molar-refractivity contribution in [2.24, 2.45) is 22.9 Å². The Balaban J connectivity index is -0.000000197. The van der Waals surface area contributed by atoms with E-state index in [1.54, 1.807) is 0 Å². The predicted molar refractivity (Wildman–Crippen MR) is 75.4 cm³/mol. The second kappa shape index (κ2) is 20.7. The van der Waals surface area contributed by atoms with Crippen LogP contribution in [0.4, 0.5) is 0 Å². The van der Waals surface area contributed by atoms with Crippen molar-refractivity contribution >= 4 is 11.8 Å². The lowest BCUT2D eigenvalue weighted by Gasteiger charge is -1.94. The normalized spacial score (nSPS) is 7.89. The van der Waals surface area contributed by atoms with Crippen molar-refractivity contribution in [3.05, 3.63) is 25.3 Å². The second-order valence-corrected chi connectivity index (χ2v) is 3.20. The third kappa shape index (κ3) is 47.4. The lowest BCUT2D eigenvalue weighted by molar-refractivity contribution is -0.114. The molecule has 0 saturated carbocycles. The summed E-state index contributed by atoms with van der Waals surface area (Å²) in [6.45, 7) is 7.82. The van der Waals surface area contributed by atoms with Gasteiger partial charge in [0.05, 0.1) is 0 Å². The standard InChI is InChI=1S/C6H16N2.2C3H5NO/c7-5-3-1-2-4-6-8;2*1-2-3(4)5/h1-8H2;2*2H,1H2,(H2,4,5). The number of hydrogen-bond donors (Lipinski definition) is 4. The van der Waals surface area contributed by atoms with Crippen molar-refractivity contribution in [1.82, 2.24) is 0 Å². The number of hydrogen-bond acceptors (Lipinski definition) is 4. The van der Waals surface area contributed by atoms with E-state index in [0.717, 1.165) is 38.1 Å². The molecule has 0 radical (unpaired) electrons. The first-order valence-electron chi connectivity index (χ1n) is 5.70. The van der Waals surface area contributed by atoms with Gasteiger partial charge in [-0.1, -0.05) is 26.0 Å². The van der Waals surface area contributed by atoms with Crippen molar-refractivity contribution in [3.63, 3.8) is 0 Å². The summed E-state index contributed by atoms with van der Waals surface area (Å²) < 4.78 is 0. The molecule has 0 aromatic carbocycles. The molecule has 0 rings (SSSR count). The summed E-state index contributed by atoms with van der Waals surface area (Å²) in [7, 11) is 0. The zero-order valence-corrected chi connectivity index (χ0v) is 10.9. The third-order valence-electron chi connectivity index (χ3n) is 1.56. The molecule has 0 fully saturated rings. The molecule has 0 aliphatic heterocycles. The van der Waals surface area contributed by atoms with Crippen molar-refractivity contribution < 1.29 is 9.59 Å². The van der Waals surface area contributed by atoms with Crippen LogP contribution in [0.15, 0.2) is 25.3 Å². The van der Waals surface area contributed by atoms with Gasteiger partial charge in [0.25, 0.3) is 0 Å². The molecule has 6 nitrogen and oxygen atoms in total. The molecule has 0 saturated heterocycles. The van der Waals surface area contributed by atoms with Crippen LogP contribution >= 0.6 is 0 Å². The smallest absolute Gasteiger partial charge is 0.240 e. The van der Waals surface area contributed by atoms with Gasteiger partial charge in [-0.25, -0.2) is 0 Å². The Morgan fingerprint density at radius 2 is 1.00 bits per heavy atom. The molecule has 0 aromatic heterocycles. The van der Waals surface area contributed by atoms with E-state index in [9.17, 15) is 9.59 Å². The Morgan fingerprint density at radius 1 is 0.778 bits per heavy atom. The van der Waals surface area contributed by atoms with Gasteiger partial charge in [-0.05, 0) is 38.1 Å². The molecule has 2 amide bonds. The summed E-state index contributed by atoms with van der Waals surface area (Å²) >= 11 is 0. The maximum absolute atomic E-state index is 9.47. The van der Waals surface area contributed by atoms with E-state index >= 15 is 0 Å². The average molecular weight is 258 g/mol. The van der Waals surface area contributed by atoms with Gasteiger partial charge in [-0.2, -0.15) is 0 Å². The minimum atomic E-state index is -0.481. The van der Waals surface area contributed by atoms with Crippen LogP contribution in [0.25, 0.3) is 0 Å². The van der Waals surface area contributed by atoms with E-state index in [1.165, 1.54) is 12.8 Å². The lowest BCUT2D eigenvalue weighted by atomic mass is 10.2. The first-order chi connectivity index (χ1) is 8.45. The molecule has 8 N–H and O–H groups in total. The molecule has 0 atom stereocenters. The van der Waals surface area contributed by atoms with E-state index < -0.39 is 11.8 Å². The number of unbranched alkanes of at least 4 members (excludes halogenated alkanes) is 3. The zero-order valence-electron chi connectivity index (χ0n) is 10.9. The fourth-order valence-electron chi connectivity index (χ4n) is 0.642. The highest BCUT2D eigenvalue weighted by Crippen LogP contribution is 1.95. The van der Waals surface area contributed by atoms with Crippen molar-refractivity contribution in [2.45, 2.75) is 25.7 Å². The first-order valence-corrected chi connectivity index (χ1v) is 5.70. The van der Waals surface area contributed by atoms with Crippen LogP contribution < -0.4 is 22.9 Å². The molecule has 0 heterocycles. The Bertz CT molecular complexity index is 206. The molecule has 6 heteroatoms. The number of rotatable bonds is 7. The lowest BCUT2D eigenvalue weighted by Crippen LogP contribution is -2.04. The van der Waals surface area contributed by atoms with E-state index in [2.05, 4.69) is 24.6 Å². The highest BCUT2D eigenvalue weighted by Gasteiger charge is 1.83. The molecular weight excluding hydrogens is 232 g/mol. The van der Waals surface area contributed by atoms with E-state index in [4.69, 9.17) is 11.5 Å². The topological polar surface area (TPSA) is 138 Å². The molecule has 0 aromatic rings. The Morgan fingerprint density at radius 3 is 1.11 bits per heavy atom. The maximum Gasteiger partial charge on any atom is 0.240 e. The fraction of sp³-hybridized carbons (Fsp3) is 0.500. The van der Waals surface area contributed by atoms with Gasteiger partial charge in [-0.15, -0.1) is 0 Å². The number of nitrogens with two attached hydrogens (primary N) is 4. The quantitative estimate of drug-likeness (QED) is 0.370. The van der Waals surface area contributed by atoms with Gasteiger partial charge in [0.15, 0.2) is 0 Å². The zero-order chi connectivity index (χ0) is 14.8. The van der Waals surface area contributed by atoms with Crippen LogP contribution in [-0.4, -0.2) is 24.9 Å². The van der Waals surface area contributed by atoms with Gasteiger partial charge < -0.3 is 22.9 Å². The van der Waals surface area contributed by atoms with Crippen molar-refractivity contribution in [2.75, 3.05) is 13.1 Å². The molecule has 0 spiro atoms. The monoisotopic (exact) mass is 258 g/mol. The Labute approximate surface area is 109 Å². The van der Waals surface area contributed by atoms with Gasteiger partial charge in [0.1, 0.15) is 0 Å². The number of carbonyl (C=O) groups is 2. The van der Waals surface area contributed by atoms with Crippen molar-refractivity contribution in [1.29, 1.82) is 0 Å². The highest BCUT2D eigenvalue weighted by atomic mass is 16.1. The van der Waals surface area contributed by atoms with Crippen LogP contribution in [-0.2, 0) is 9.59 Å². The minimum absolute atomic E-state index is 0.481. The van der Waals surface area contributed by atoms with E-state index in [-0.39, 0.29) is 0 Å². The van der Waals surface area contributed by atoms with Crippen LogP contribution in [0.3, 0.4) is 0 Å². The van der Waals surface area contributed by atoms with Gasteiger partial charge in [0.2, 0.25) is 11.8 Å². The molecule has 0 aliphatic carbocycles. The van der Waals surface area contributed by atoms with Crippen LogP contribution in [0.5, 0.6) is 0 Å². The van der Waals surface area contributed by atoms with Gasteiger partial charge in [0, 0.05) is 0 Å². The van der Waals surface area contributed by atoms with Crippen LogP contribution in [0.2, 0.25) is 0 Å². The maximum atomic E-state index is 9.47. The minimum Gasteiger partial charge on any atom is -0.366 e. The Kier molecular flexibility index (Phi) is 24.9. The second-order valence-electron chi connectivity index (χ2n) is 3.20. The Hall–Kier alpha value is -1.66. The largest absolute Gasteiger partial charge is 0.366 e. The summed E-state index contributed by atoms with van der Waals surface area (Å²) in [5.74, 6) is -0.963. The molecule has 0 bridgehead atoms. The summed E-state index contributed by atoms with van der Waals surface area (Å²) in [5, 5.41) is 0. The first kappa shape index (κ1) is 21.6. The van der Waals surface area contributed by atoms with E-state index in [1.807, 2.05) is 0 Å². The average Bonchev–Trinajstić information content (AvgIpc) is 2.36. The number of primary amides is 2. The van der Waals surface area contributed by atoms with Gasteiger partial charge in [-0.3, -0.25) is 9.59 Å². The fourth-order valence-corrected chi connectivity index (χ4v) is 0.642. The summed E-state index contributed by atoms with van der Waals surface area (Å²) in [6.07, 6.45) is 6.90.